The second-order valence-corrected chi connectivity index (χ2v) is 3.26. The summed E-state index contributed by atoms with van der Waals surface area (Å²) < 4.78 is 0. The molecule has 0 bridgehead atoms. The van der Waals surface area contributed by atoms with Gasteiger partial charge in [-0.2, -0.15) is 5.26 Å². The first-order valence-electron chi connectivity index (χ1n) is 4.74. The molecule has 0 unspecified atom stereocenters. The van der Waals surface area contributed by atoms with E-state index in [9.17, 15) is 14.9 Å². The Hall–Kier alpha value is -2.22. The van der Waals surface area contributed by atoms with Gasteiger partial charge in [-0.1, -0.05) is 6.92 Å². The van der Waals surface area contributed by atoms with Crippen molar-refractivity contribution < 1.29 is 9.72 Å². The fourth-order valence-corrected chi connectivity index (χ4v) is 1.66. The highest BCUT2D eigenvalue weighted by Crippen LogP contribution is 2.26. The maximum atomic E-state index is 11.4. The fourth-order valence-electron chi connectivity index (χ4n) is 1.66. The van der Waals surface area contributed by atoms with Crippen LogP contribution in [0.25, 0.3) is 0 Å². The van der Waals surface area contributed by atoms with Crippen LogP contribution in [0.5, 0.6) is 0 Å². The number of hydrogen-bond donors (Lipinski definition) is 0. The summed E-state index contributed by atoms with van der Waals surface area (Å²) in [6.45, 7) is 3.02. The summed E-state index contributed by atoms with van der Waals surface area (Å²) in [6.07, 6.45) is 0.348. The predicted molar refractivity (Wildman–Crippen MR) is 57.2 cm³/mol. The van der Waals surface area contributed by atoms with Crippen molar-refractivity contribution in [1.29, 1.82) is 5.26 Å². The first kappa shape index (κ1) is 11.9. The van der Waals surface area contributed by atoms with Gasteiger partial charge in [0.1, 0.15) is 0 Å². The van der Waals surface area contributed by atoms with E-state index >= 15 is 0 Å². The van der Waals surface area contributed by atoms with E-state index in [2.05, 4.69) is 0 Å². The smallest absolute Gasteiger partial charge is 0.273 e. The average molecular weight is 218 g/mol. The van der Waals surface area contributed by atoms with E-state index < -0.39 is 4.92 Å². The molecule has 16 heavy (non-hydrogen) atoms. The summed E-state index contributed by atoms with van der Waals surface area (Å²) in [5.74, 6) is -0.322. The number of carbonyl (C=O) groups is 1. The highest BCUT2D eigenvalue weighted by Gasteiger charge is 2.21. The first-order chi connectivity index (χ1) is 7.52. The van der Waals surface area contributed by atoms with Gasteiger partial charge in [0.25, 0.3) is 5.69 Å². The van der Waals surface area contributed by atoms with Crippen molar-refractivity contribution in [1.82, 2.24) is 0 Å². The number of benzene rings is 1. The van der Waals surface area contributed by atoms with Gasteiger partial charge in [0.05, 0.1) is 16.6 Å². The van der Waals surface area contributed by atoms with E-state index in [1.54, 1.807) is 6.92 Å². The van der Waals surface area contributed by atoms with Crippen molar-refractivity contribution in [2.24, 2.45) is 0 Å². The van der Waals surface area contributed by atoms with Crippen LogP contribution < -0.4 is 0 Å². The van der Waals surface area contributed by atoms with Crippen molar-refractivity contribution >= 4 is 11.5 Å². The van der Waals surface area contributed by atoms with Crippen molar-refractivity contribution in [3.05, 3.63) is 38.9 Å². The molecule has 0 amide bonds. The summed E-state index contributed by atoms with van der Waals surface area (Å²) in [7, 11) is 0. The number of nitro benzene ring substituents is 1. The zero-order chi connectivity index (χ0) is 12.3. The third kappa shape index (κ3) is 1.91. The molecule has 1 aromatic rings. The summed E-state index contributed by atoms with van der Waals surface area (Å²) in [6, 6.07) is 4.46. The Morgan fingerprint density at radius 2 is 2.19 bits per heavy atom. The summed E-state index contributed by atoms with van der Waals surface area (Å²) in [4.78, 5) is 21.6. The van der Waals surface area contributed by atoms with Crippen LogP contribution >= 0.6 is 0 Å². The Bertz CT molecular complexity index is 501. The lowest BCUT2D eigenvalue weighted by Gasteiger charge is -2.07. The maximum Gasteiger partial charge on any atom is 0.273 e. The zero-order valence-electron chi connectivity index (χ0n) is 8.98. The van der Waals surface area contributed by atoms with Gasteiger partial charge in [-0.25, -0.2) is 0 Å². The lowest BCUT2D eigenvalue weighted by atomic mass is 9.95. The molecule has 0 radical (unpaired) electrons. The molecule has 1 rings (SSSR count). The van der Waals surface area contributed by atoms with E-state index in [4.69, 9.17) is 5.26 Å². The molecule has 0 aliphatic carbocycles. The minimum absolute atomic E-state index is 0.105. The van der Waals surface area contributed by atoms with Gasteiger partial charge in [0, 0.05) is 17.2 Å². The topological polar surface area (TPSA) is 84.0 Å². The predicted octanol–water partition coefficient (Wildman–Crippen LogP) is 2.23. The molecule has 0 aliphatic rings. The number of carbonyl (C=O) groups excluding carboxylic acids is 1. The SMILES string of the molecule is CCc1c([N+](=O)[O-])ccc(C#N)c1C(C)=O. The van der Waals surface area contributed by atoms with Crippen LogP contribution in [-0.4, -0.2) is 10.7 Å². The van der Waals surface area contributed by atoms with Crippen molar-refractivity contribution in [3.8, 4) is 6.07 Å². The molecule has 5 heteroatoms. The van der Waals surface area contributed by atoms with E-state index in [0.717, 1.165) is 0 Å². The lowest BCUT2D eigenvalue weighted by Crippen LogP contribution is -2.06. The van der Waals surface area contributed by atoms with Gasteiger partial charge in [-0.05, 0) is 19.4 Å². The molecule has 82 valence electrons. The molecule has 0 saturated heterocycles. The van der Waals surface area contributed by atoms with Crippen molar-refractivity contribution in [2.75, 3.05) is 0 Å². The van der Waals surface area contributed by atoms with E-state index in [1.165, 1.54) is 19.1 Å². The quantitative estimate of drug-likeness (QED) is 0.442. The number of nitro groups is 1. The van der Waals surface area contributed by atoms with E-state index in [0.29, 0.717) is 12.0 Å². The van der Waals surface area contributed by atoms with Gasteiger partial charge in [-0.15, -0.1) is 0 Å². The Kier molecular flexibility index (Phi) is 3.36. The van der Waals surface area contributed by atoms with Crippen LogP contribution in [0, 0.1) is 21.4 Å². The van der Waals surface area contributed by atoms with Crippen molar-refractivity contribution in [2.45, 2.75) is 20.3 Å². The van der Waals surface area contributed by atoms with Crippen LogP contribution in [0.1, 0.15) is 35.3 Å². The van der Waals surface area contributed by atoms with Crippen LogP contribution in [0.3, 0.4) is 0 Å². The summed E-state index contributed by atoms with van der Waals surface area (Å²) in [5, 5.41) is 19.6. The van der Waals surface area contributed by atoms with Crippen LogP contribution in [0.2, 0.25) is 0 Å². The molecule has 0 aliphatic heterocycles. The highest BCUT2D eigenvalue weighted by atomic mass is 16.6. The number of ketones is 1. The number of Topliss-reactive ketones (excluding diaryl/α,β-unsaturated/α-hetero) is 1. The van der Waals surface area contributed by atoms with Gasteiger partial charge >= 0.3 is 0 Å². The van der Waals surface area contributed by atoms with Crippen LogP contribution in [0.4, 0.5) is 5.69 Å². The number of nitrogens with zero attached hydrogens (tertiary/aromatic N) is 2. The first-order valence-corrected chi connectivity index (χ1v) is 4.74. The molecule has 5 nitrogen and oxygen atoms in total. The largest absolute Gasteiger partial charge is 0.294 e. The minimum atomic E-state index is -0.535. The maximum absolute atomic E-state index is 11.4. The third-order valence-corrected chi connectivity index (χ3v) is 2.31. The molecule has 0 aromatic heterocycles. The lowest BCUT2D eigenvalue weighted by molar-refractivity contribution is -0.385. The summed E-state index contributed by atoms with van der Waals surface area (Å²) in [5.41, 5.74) is 0.581. The minimum Gasteiger partial charge on any atom is -0.294 e. The summed E-state index contributed by atoms with van der Waals surface area (Å²) >= 11 is 0. The monoisotopic (exact) mass is 218 g/mol. The Balaban J connectivity index is 3.64. The van der Waals surface area contributed by atoms with Gasteiger partial charge < -0.3 is 0 Å². The van der Waals surface area contributed by atoms with Gasteiger partial charge in [0.2, 0.25) is 0 Å². The molecular weight excluding hydrogens is 208 g/mol. The van der Waals surface area contributed by atoms with Crippen LogP contribution in [-0.2, 0) is 6.42 Å². The fraction of sp³-hybridized carbons (Fsp3) is 0.273. The highest BCUT2D eigenvalue weighted by molar-refractivity contribution is 5.99. The second-order valence-electron chi connectivity index (χ2n) is 3.26. The van der Waals surface area contributed by atoms with Crippen molar-refractivity contribution in [3.63, 3.8) is 0 Å². The molecule has 0 spiro atoms. The Morgan fingerprint density at radius 1 is 1.56 bits per heavy atom. The number of nitriles is 1. The standard InChI is InChI=1S/C11H10N2O3/c1-3-9-10(13(15)16)5-4-8(6-12)11(9)7(2)14/h4-5H,3H2,1-2H3. The van der Waals surface area contributed by atoms with E-state index in [-0.39, 0.29) is 22.6 Å². The number of rotatable bonds is 3. The molecule has 0 saturated carbocycles. The van der Waals surface area contributed by atoms with Crippen LogP contribution in [0.15, 0.2) is 12.1 Å². The Labute approximate surface area is 92.5 Å². The third-order valence-electron chi connectivity index (χ3n) is 2.31. The molecule has 0 heterocycles. The molecule has 0 fully saturated rings. The van der Waals surface area contributed by atoms with Gasteiger partial charge in [-0.3, -0.25) is 14.9 Å². The van der Waals surface area contributed by atoms with E-state index in [1.807, 2.05) is 6.07 Å². The molecule has 0 N–H and O–H groups in total. The molecular formula is C11H10N2O3. The van der Waals surface area contributed by atoms with Gasteiger partial charge in [0.15, 0.2) is 5.78 Å². The molecule has 1 aromatic carbocycles. The normalized spacial score (nSPS) is 9.56. The average Bonchev–Trinajstić information content (AvgIpc) is 2.26. The second kappa shape index (κ2) is 4.53. The molecule has 0 atom stereocenters. The number of hydrogen-bond acceptors (Lipinski definition) is 4. The zero-order valence-corrected chi connectivity index (χ0v) is 8.98. The Morgan fingerprint density at radius 3 is 2.56 bits per heavy atom.